The Hall–Kier alpha value is -1.98. The van der Waals surface area contributed by atoms with Gasteiger partial charge < -0.3 is 10.2 Å². The van der Waals surface area contributed by atoms with Gasteiger partial charge in [0.05, 0.1) is 16.1 Å². The van der Waals surface area contributed by atoms with Crippen molar-refractivity contribution in [1.82, 2.24) is 4.90 Å². The van der Waals surface area contributed by atoms with Gasteiger partial charge in [-0.1, -0.05) is 23.2 Å². The quantitative estimate of drug-likeness (QED) is 0.597. The second kappa shape index (κ2) is 5.83. The first-order valence-electron chi connectivity index (χ1n) is 7.80. The zero-order valence-corrected chi connectivity index (χ0v) is 14.3. The molecule has 2 aliphatic heterocycles. The van der Waals surface area contributed by atoms with Crippen molar-refractivity contribution in [2.45, 2.75) is 31.3 Å². The zero-order chi connectivity index (χ0) is 16.8. The lowest BCUT2D eigenvalue weighted by Crippen LogP contribution is -2.45. The van der Waals surface area contributed by atoms with E-state index in [1.54, 1.807) is 30.6 Å². The van der Waals surface area contributed by atoms with Gasteiger partial charge in [-0.25, -0.2) is 4.79 Å². The van der Waals surface area contributed by atoms with Gasteiger partial charge in [0.15, 0.2) is 0 Å². The number of carbonyl (C=O) groups is 1. The molecule has 1 saturated heterocycles. The molecule has 2 atom stereocenters. The first-order chi connectivity index (χ1) is 11.5. The standard InChI is InChI=1S/C17H15Cl2N3O2/c18-14-3-1-11(8-15(14)19)20-17(23)22-12-2-4-16(22)13-5-6-21(24)9-10(13)7-12/h1,3,5-6,8-9,12,16H,2,4,7H2,(H-,20,23,24)/p+1. The Bertz CT molecular complexity index is 827. The summed E-state index contributed by atoms with van der Waals surface area (Å²) in [6.07, 6.45) is 5.98. The maximum Gasteiger partial charge on any atom is 0.322 e. The number of aromatic nitrogens is 1. The third-order valence-electron chi connectivity index (χ3n) is 4.79. The van der Waals surface area contributed by atoms with Crippen LogP contribution in [0.1, 0.15) is 30.0 Å². The molecule has 24 heavy (non-hydrogen) atoms. The third kappa shape index (κ3) is 2.58. The SMILES string of the molecule is O=C(Nc1ccc(Cl)c(Cl)c1)N1C2CCC1c1cc[n+](O)cc1C2. The van der Waals surface area contributed by atoms with Gasteiger partial charge in [-0.15, -0.1) is 0 Å². The van der Waals surface area contributed by atoms with E-state index in [2.05, 4.69) is 5.32 Å². The van der Waals surface area contributed by atoms with Crippen LogP contribution in [0.5, 0.6) is 0 Å². The molecule has 2 bridgehead atoms. The molecule has 0 radical (unpaired) electrons. The largest absolute Gasteiger partial charge is 0.322 e. The molecule has 2 amide bonds. The Labute approximate surface area is 149 Å². The van der Waals surface area contributed by atoms with Crippen molar-refractivity contribution in [2.75, 3.05) is 5.32 Å². The Morgan fingerprint density at radius 3 is 2.88 bits per heavy atom. The van der Waals surface area contributed by atoms with Crippen LogP contribution >= 0.6 is 23.2 Å². The first-order valence-corrected chi connectivity index (χ1v) is 8.56. The molecular formula is C17H16Cl2N3O2+. The van der Waals surface area contributed by atoms with Gasteiger partial charge in [0.1, 0.15) is 0 Å². The van der Waals surface area contributed by atoms with Crippen LogP contribution in [-0.4, -0.2) is 22.2 Å². The van der Waals surface area contributed by atoms with E-state index in [4.69, 9.17) is 23.2 Å². The lowest BCUT2D eigenvalue weighted by atomic mass is 9.95. The fourth-order valence-corrected chi connectivity index (χ4v) is 4.05. The van der Waals surface area contributed by atoms with Crippen molar-refractivity contribution < 1.29 is 14.7 Å². The number of anilines is 1. The molecule has 3 heterocycles. The molecule has 1 fully saturated rings. The van der Waals surface area contributed by atoms with E-state index in [1.807, 2.05) is 11.0 Å². The third-order valence-corrected chi connectivity index (χ3v) is 5.53. The van der Waals surface area contributed by atoms with Crippen LogP contribution in [0.15, 0.2) is 36.7 Å². The summed E-state index contributed by atoms with van der Waals surface area (Å²) in [5.74, 6) is 0. The predicted octanol–water partition coefficient (Wildman–Crippen LogP) is 3.81. The van der Waals surface area contributed by atoms with Crippen LogP contribution in [0, 0.1) is 0 Å². The summed E-state index contributed by atoms with van der Waals surface area (Å²) in [7, 11) is 0. The molecule has 2 aliphatic rings. The average Bonchev–Trinajstić information content (AvgIpc) is 2.86. The monoisotopic (exact) mass is 364 g/mol. The average molecular weight is 365 g/mol. The van der Waals surface area contributed by atoms with Gasteiger partial charge in [-0.2, -0.15) is 0 Å². The normalized spacial score (nSPS) is 21.5. The number of amides is 2. The van der Waals surface area contributed by atoms with E-state index in [0.29, 0.717) is 15.7 Å². The van der Waals surface area contributed by atoms with Gasteiger partial charge >= 0.3 is 6.03 Å². The number of halogens is 2. The van der Waals surface area contributed by atoms with Crippen molar-refractivity contribution in [1.29, 1.82) is 0 Å². The molecule has 124 valence electrons. The second-order valence-electron chi connectivity index (χ2n) is 6.22. The molecule has 5 nitrogen and oxygen atoms in total. The molecular weight excluding hydrogens is 349 g/mol. The molecule has 2 aromatic rings. The molecule has 0 saturated carbocycles. The lowest BCUT2D eigenvalue weighted by Gasteiger charge is -2.35. The van der Waals surface area contributed by atoms with Gasteiger partial charge in [0.25, 0.3) is 0 Å². The number of hydrogen-bond acceptors (Lipinski definition) is 2. The highest BCUT2D eigenvalue weighted by Crippen LogP contribution is 2.43. The zero-order valence-electron chi connectivity index (χ0n) is 12.7. The van der Waals surface area contributed by atoms with Gasteiger partial charge in [0, 0.05) is 28.1 Å². The van der Waals surface area contributed by atoms with E-state index < -0.39 is 0 Å². The highest BCUT2D eigenvalue weighted by Gasteiger charge is 2.43. The van der Waals surface area contributed by atoms with Crippen molar-refractivity contribution >= 4 is 34.9 Å². The number of urea groups is 1. The number of fused-ring (bicyclic) bond motifs is 4. The summed E-state index contributed by atoms with van der Waals surface area (Å²) in [5.41, 5.74) is 2.84. The highest BCUT2D eigenvalue weighted by molar-refractivity contribution is 6.42. The summed E-state index contributed by atoms with van der Waals surface area (Å²) < 4.78 is 1.07. The summed E-state index contributed by atoms with van der Waals surface area (Å²) in [5, 5.41) is 13.4. The summed E-state index contributed by atoms with van der Waals surface area (Å²) >= 11 is 11.9. The van der Waals surface area contributed by atoms with Gasteiger partial charge in [-0.05, 0) is 43.0 Å². The van der Waals surface area contributed by atoms with Crippen molar-refractivity contribution in [3.05, 3.63) is 57.8 Å². The Balaban J connectivity index is 1.59. The Morgan fingerprint density at radius 1 is 1.25 bits per heavy atom. The van der Waals surface area contributed by atoms with Crippen LogP contribution in [-0.2, 0) is 6.42 Å². The topological polar surface area (TPSA) is 56.5 Å². The number of carbonyl (C=O) groups excluding carboxylic acids is 1. The van der Waals surface area contributed by atoms with Crippen LogP contribution in [0.4, 0.5) is 10.5 Å². The highest BCUT2D eigenvalue weighted by atomic mass is 35.5. The maximum absolute atomic E-state index is 12.8. The van der Waals surface area contributed by atoms with Crippen LogP contribution in [0.25, 0.3) is 0 Å². The number of pyridine rings is 1. The number of rotatable bonds is 1. The minimum Gasteiger partial charge on any atom is -0.314 e. The molecule has 4 rings (SSSR count). The molecule has 7 heteroatoms. The summed E-state index contributed by atoms with van der Waals surface area (Å²) in [6.45, 7) is 0. The smallest absolute Gasteiger partial charge is 0.314 e. The number of hydrogen-bond donors (Lipinski definition) is 2. The van der Waals surface area contributed by atoms with Crippen molar-refractivity contribution in [2.24, 2.45) is 0 Å². The first kappa shape index (κ1) is 15.5. The Kier molecular flexibility index (Phi) is 3.77. The van der Waals surface area contributed by atoms with E-state index in [-0.39, 0.29) is 18.1 Å². The van der Waals surface area contributed by atoms with Gasteiger partial charge in [-0.3, -0.25) is 5.21 Å². The molecule has 0 aliphatic carbocycles. The van der Waals surface area contributed by atoms with E-state index >= 15 is 0 Å². The lowest BCUT2D eigenvalue weighted by molar-refractivity contribution is -0.905. The summed E-state index contributed by atoms with van der Waals surface area (Å²) in [6, 6.07) is 7.00. The van der Waals surface area contributed by atoms with E-state index in [9.17, 15) is 10.0 Å². The molecule has 2 unspecified atom stereocenters. The predicted molar refractivity (Wildman–Crippen MR) is 90.6 cm³/mol. The molecule has 1 aromatic heterocycles. The van der Waals surface area contributed by atoms with E-state index in [0.717, 1.165) is 35.1 Å². The van der Waals surface area contributed by atoms with Crippen LogP contribution < -0.4 is 10.0 Å². The molecule has 0 spiro atoms. The van der Waals surface area contributed by atoms with Gasteiger partial charge in [0.2, 0.25) is 12.4 Å². The second-order valence-corrected chi connectivity index (χ2v) is 7.04. The number of nitrogens with zero attached hydrogens (tertiary/aromatic N) is 2. The minimum atomic E-state index is -0.132. The molecule has 2 N–H and O–H groups in total. The molecule has 1 aromatic carbocycles. The minimum absolute atomic E-state index is 0.0442. The van der Waals surface area contributed by atoms with E-state index in [1.165, 1.54) is 0 Å². The van der Waals surface area contributed by atoms with Crippen molar-refractivity contribution in [3.63, 3.8) is 0 Å². The fraction of sp³-hybridized carbons (Fsp3) is 0.294. The fourth-order valence-electron chi connectivity index (χ4n) is 3.75. The Morgan fingerprint density at radius 2 is 2.08 bits per heavy atom. The number of nitrogens with one attached hydrogen (secondary N) is 1. The van der Waals surface area contributed by atoms with Crippen LogP contribution in [0.2, 0.25) is 10.0 Å². The van der Waals surface area contributed by atoms with Crippen LogP contribution in [0.3, 0.4) is 0 Å². The number of benzene rings is 1. The maximum atomic E-state index is 12.8. The summed E-state index contributed by atoms with van der Waals surface area (Å²) in [4.78, 5) is 14.7. The van der Waals surface area contributed by atoms with Crippen molar-refractivity contribution in [3.8, 4) is 0 Å².